The fourth-order valence-electron chi connectivity index (χ4n) is 3.11. The molecule has 0 spiro atoms. The van der Waals surface area contributed by atoms with Crippen LogP contribution in [-0.4, -0.2) is 38.9 Å². The van der Waals surface area contributed by atoms with Crippen LogP contribution in [0.1, 0.15) is 23.1 Å². The van der Waals surface area contributed by atoms with Crippen LogP contribution in [-0.2, 0) is 30.3 Å². The van der Waals surface area contributed by atoms with E-state index in [-0.39, 0.29) is 10.6 Å². The van der Waals surface area contributed by atoms with E-state index in [1.54, 1.807) is 49.4 Å². The molecule has 0 aliphatic carbocycles. The number of aryl methyl sites for hydroxylation is 1. The number of hydrogen-bond acceptors (Lipinski definition) is 6. The number of amides is 1. The molecule has 3 aromatic carbocycles. The number of alkyl halides is 3. The molecule has 0 aliphatic heterocycles. The lowest BCUT2D eigenvalue weighted by molar-refractivity contribution is -0.147. The minimum absolute atomic E-state index is 0.0490. The number of hydrazone groups is 1. The molecule has 0 N–H and O–H groups in total. The van der Waals surface area contributed by atoms with Crippen molar-refractivity contribution in [3.05, 3.63) is 95.6 Å². The first-order chi connectivity index (χ1) is 17.5. The minimum atomic E-state index is -4.65. The van der Waals surface area contributed by atoms with Crippen LogP contribution in [0.5, 0.6) is 0 Å². The second kappa shape index (κ2) is 11.8. The van der Waals surface area contributed by atoms with Crippen molar-refractivity contribution in [2.75, 3.05) is 17.4 Å². The number of nitrogens with zero attached hydrogens (tertiary/aromatic N) is 2. The van der Waals surface area contributed by atoms with E-state index in [4.69, 9.17) is 4.74 Å². The highest BCUT2D eigenvalue weighted by atomic mass is 32.2. The lowest BCUT2D eigenvalue weighted by Crippen LogP contribution is -2.31. The van der Waals surface area contributed by atoms with Crippen LogP contribution in [0, 0.1) is 6.92 Å². The van der Waals surface area contributed by atoms with Crippen LogP contribution in [0.2, 0.25) is 0 Å². The van der Waals surface area contributed by atoms with Crippen molar-refractivity contribution in [3.8, 4) is 0 Å². The van der Waals surface area contributed by atoms with Crippen molar-refractivity contribution in [2.24, 2.45) is 5.10 Å². The molecule has 37 heavy (non-hydrogen) atoms. The zero-order valence-corrected chi connectivity index (χ0v) is 20.5. The average Bonchev–Trinajstić information content (AvgIpc) is 2.87. The van der Waals surface area contributed by atoms with Gasteiger partial charge in [-0.2, -0.15) is 23.3 Å². The van der Waals surface area contributed by atoms with Crippen LogP contribution in [0.4, 0.5) is 18.9 Å². The van der Waals surface area contributed by atoms with E-state index in [1.165, 1.54) is 24.4 Å². The van der Waals surface area contributed by atoms with Gasteiger partial charge in [0.1, 0.15) is 0 Å². The summed E-state index contributed by atoms with van der Waals surface area (Å²) < 4.78 is 69.4. The van der Waals surface area contributed by atoms with Gasteiger partial charge in [-0.25, -0.2) is 8.42 Å². The maximum Gasteiger partial charge on any atom is 0.416 e. The SMILES string of the molecule is Cc1ccc(S(=O)(=O)CCC(=O)OCC(=O)N(/N=C/c2ccccc2)c2cccc(C(F)(F)F)c2)cc1. The summed E-state index contributed by atoms with van der Waals surface area (Å²) in [5.41, 5.74) is 0.267. The molecule has 3 aromatic rings. The number of hydrogen-bond donors (Lipinski definition) is 0. The Kier molecular flexibility index (Phi) is 8.82. The molecular weight excluding hydrogens is 509 g/mol. The van der Waals surface area contributed by atoms with Gasteiger partial charge in [0.25, 0.3) is 5.91 Å². The summed E-state index contributed by atoms with van der Waals surface area (Å²) in [6, 6.07) is 18.6. The van der Waals surface area contributed by atoms with Gasteiger partial charge in [-0.05, 0) is 42.8 Å². The maximum atomic E-state index is 13.2. The minimum Gasteiger partial charge on any atom is -0.455 e. The molecular formula is C26H23F3N2O5S. The molecule has 0 unspecified atom stereocenters. The summed E-state index contributed by atoms with van der Waals surface area (Å²) in [5, 5.41) is 4.69. The number of halogens is 3. The molecule has 0 saturated carbocycles. The summed E-state index contributed by atoms with van der Waals surface area (Å²) in [6.07, 6.45) is -3.89. The van der Waals surface area contributed by atoms with E-state index in [0.717, 1.165) is 23.8 Å². The third-order valence-electron chi connectivity index (χ3n) is 5.09. The van der Waals surface area contributed by atoms with E-state index in [9.17, 15) is 31.2 Å². The van der Waals surface area contributed by atoms with E-state index >= 15 is 0 Å². The van der Waals surface area contributed by atoms with Gasteiger partial charge in [0.2, 0.25) is 0 Å². The zero-order chi connectivity index (χ0) is 27.1. The predicted molar refractivity (Wildman–Crippen MR) is 132 cm³/mol. The Labute approximate surface area is 212 Å². The molecule has 194 valence electrons. The summed E-state index contributed by atoms with van der Waals surface area (Å²) in [5.74, 6) is -2.42. The van der Waals surface area contributed by atoms with Gasteiger partial charge in [0.15, 0.2) is 16.4 Å². The molecule has 7 nitrogen and oxygen atoms in total. The normalized spacial score (nSPS) is 11.9. The van der Waals surface area contributed by atoms with E-state index in [2.05, 4.69) is 5.10 Å². The number of esters is 1. The number of anilines is 1. The first-order valence-corrected chi connectivity index (χ1v) is 12.7. The van der Waals surface area contributed by atoms with E-state index in [0.29, 0.717) is 10.6 Å². The lowest BCUT2D eigenvalue weighted by atomic mass is 10.2. The Morgan fingerprint density at radius 3 is 2.30 bits per heavy atom. The molecule has 0 bridgehead atoms. The molecule has 1 amide bonds. The number of rotatable bonds is 9. The number of carbonyl (C=O) groups excluding carboxylic acids is 2. The largest absolute Gasteiger partial charge is 0.455 e. The van der Waals surface area contributed by atoms with Crippen LogP contribution < -0.4 is 5.01 Å². The summed E-state index contributed by atoms with van der Waals surface area (Å²) in [4.78, 5) is 25.0. The van der Waals surface area contributed by atoms with Crippen LogP contribution in [0.3, 0.4) is 0 Å². The highest BCUT2D eigenvalue weighted by Gasteiger charge is 2.31. The van der Waals surface area contributed by atoms with Gasteiger partial charge in [-0.3, -0.25) is 9.59 Å². The van der Waals surface area contributed by atoms with Crippen molar-refractivity contribution < 1.29 is 35.9 Å². The fourth-order valence-corrected chi connectivity index (χ4v) is 4.33. The standard InChI is InChI=1S/C26H23F3N2O5S/c1-19-10-12-23(13-11-19)37(34,35)15-14-25(33)36-18-24(32)31(30-17-20-6-3-2-4-7-20)22-9-5-8-21(16-22)26(27,28)29/h2-13,16-17H,14-15,18H2,1H3/b30-17+. The van der Waals surface area contributed by atoms with E-state index in [1.807, 2.05) is 0 Å². The van der Waals surface area contributed by atoms with Crippen LogP contribution in [0.15, 0.2) is 88.9 Å². The number of carbonyl (C=O) groups is 2. The van der Waals surface area contributed by atoms with Gasteiger partial charge in [-0.15, -0.1) is 0 Å². The van der Waals surface area contributed by atoms with Crippen LogP contribution in [0.25, 0.3) is 0 Å². The fraction of sp³-hybridized carbons (Fsp3) is 0.192. The molecule has 0 radical (unpaired) electrons. The Balaban J connectivity index is 1.70. The van der Waals surface area contributed by atoms with Crippen molar-refractivity contribution in [3.63, 3.8) is 0 Å². The van der Waals surface area contributed by atoms with Gasteiger partial charge in [0.05, 0.1) is 34.5 Å². The third-order valence-corrected chi connectivity index (χ3v) is 6.82. The molecule has 0 saturated heterocycles. The zero-order valence-electron chi connectivity index (χ0n) is 19.7. The van der Waals surface area contributed by atoms with Crippen LogP contribution >= 0.6 is 0 Å². The molecule has 3 rings (SSSR count). The van der Waals surface area contributed by atoms with Gasteiger partial charge in [0, 0.05) is 0 Å². The first kappa shape index (κ1) is 27.6. The van der Waals surface area contributed by atoms with Crippen molar-refractivity contribution in [1.82, 2.24) is 0 Å². The lowest BCUT2D eigenvalue weighted by Gasteiger charge is -2.18. The number of benzene rings is 3. The van der Waals surface area contributed by atoms with Crippen molar-refractivity contribution in [1.29, 1.82) is 0 Å². The highest BCUT2D eigenvalue weighted by Crippen LogP contribution is 2.31. The molecule has 0 aliphatic rings. The topological polar surface area (TPSA) is 93.1 Å². The molecule has 11 heteroatoms. The summed E-state index contributed by atoms with van der Waals surface area (Å²) in [7, 11) is -3.75. The monoisotopic (exact) mass is 532 g/mol. The highest BCUT2D eigenvalue weighted by molar-refractivity contribution is 7.91. The molecule has 0 fully saturated rings. The second-order valence-corrected chi connectivity index (χ2v) is 10.1. The molecule has 0 heterocycles. The average molecular weight is 533 g/mol. The predicted octanol–water partition coefficient (Wildman–Crippen LogP) is 4.79. The van der Waals surface area contributed by atoms with Gasteiger partial charge in [-0.1, -0.05) is 54.1 Å². The Bertz CT molecular complexity index is 1370. The Morgan fingerprint density at radius 1 is 0.973 bits per heavy atom. The Morgan fingerprint density at radius 2 is 1.65 bits per heavy atom. The van der Waals surface area contributed by atoms with Crippen molar-refractivity contribution in [2.45, 2.75) is 24.4 Å². The first-order valence-electron chi connectivity index (χ1n) is 11.0. The van der Waals surface area contributed by atoms with Gasteiger partial charge < -0.3 is 4.74 Å². The molecule has 0 atom stereocenters. The molecule has 0 aromatic heterocycles. The summed E-state index contributed by atoms with van der Waals surface area (Å²) >= 11 is 0. The smallest absolute Gasteiger partial charge is 0.416 e. The van der Waals surface area contributed by atoms with Gasteiger partial charge >= 0.3 is 12.1 Å². The quantitative estimate of drug-likeness (QED) is 0.225. The number of ether oxygens (including phenoxy) is 1. The third kappa shape index (κ3) is 8.01. The van der Waals surface area contributed by atoms with Crippen molar-refractivity contribution >= 4 is 33.6 Å². The number of sulfone groups is 1. The second-order valence-electron chi connectivity index (χ2n) is 7.95. The summed E-state index contributed by atoms with van der Waals surface area (Å²) in [6.45, 7) is 0.948. The maximum absolute atomic E-state index is 13.2. The van der Waals surface area contributed by atoms with E-state index < -0.39 is 52.2 Å². The Hall–Kier alpha value is -3.99.